The van der Waals surface area contributed by atoms with E-state index in [9.17, 15) is 9.90 Å². The smallest absolute Gasteiger partial charge is 0.242 e. The third-order valence-corrected chi connectivity index (χ3v) is 2.59. The second-order valence-corrected chi connectivity index (χ2v) is 3.54. The van der Waals surface area contributed by atoms with Gasteiger partial charge in [0.25, 0.3) is 0 Å². The Kier molecular flexibility index (Phi) is 3.32. The molecule has 0 heterocycles. The first-order chi connectivity index (χ1) is 5.70. The van der Waals surface area contributed by atoms with Crippen LogP contribution >= 0.6 is 0 Å². The average molecular weight is 167 g/mol. The molecule has 0 N–H and O–H groups in total. The molecule has 0 spiro atoms. The van der Waals surface area contributed by atoms with Crippen LogP contribution in [-0.4, -0.2) is 5.97 Å². The topological polar surface area (TPSA) is 37.0 Å². The van der Waals surface area contributed by atoms with E-state index in [0.29, 0.717) is 5.92 Å². The maximum atomic E-state index is 10.3. The first-order valence-electron chi connectivity index (χ1n) is 4.59. The molecule has 1 radical (unpaired) electrons. The van der Waals surface area contributed by atoms with E-state index in [4.69, 9.17) is 0 Å². The van der Waals surface area contributed by atoms with Crippen LogP contribution in [-0.2, 0) is 9.90 Å². The molecule has 1 saturated carbocycles. The van der Waals surface area contributed by atoms with E-state index in [2.05, 4.69) is 0 Å². The summed E-state index contributed by atoms with van der Waals surface area (Å²) in [6.45, 7) is 1.89. The minimum Gasteiger partial charge on any atom is -0.242 e. The molecule has 0 saturated heterocycles. The number of hydrogen-bond acceptors (Lipinski definition) is 1. The summed E-state index contributed by atoms with van der Waals surface area (Å²) in [4.78, 5) is 10.3. The van der Waals surface area contributed by atoms with Crippen LogP contribution in [0, 0.1) is 5.92 Å². The zero-order valence-corrected chi connectivity index (χ0v) is 7.51. The molecule has 1 aliphatic carbocycles. The Labute approximate surface area is 73.3 Å². The van der Waals surface area contributed by atoms with E-state index in [1.807, 2.05) is 6.92 Å². The predicted octanol–water partition coefficient (Wildman–Crippen LogP) is 2.47. The van der Waals surface area contributed by atoms with Crippen molar-refractivity contribution in [1.82, 2.24) is 0 Å². The average Bonchev–Trinajstić information content (AvgIpc) is 2.05. The molecule has 1 rings (SSSR count). The van der Waals surface area contributed by atoms with Crippen LogP contribution < -0.4 is 0 Å². The van der Waals surface area contributed by atoms with Crippen LogP contribution in [0.4, 0.5) is 0 Å². The van der Waals surface area contributed by atoms with Crippen LogP contribution in [0.5, 0.6) is 0 Å². The van der Waals surface area contributed by atoms with Gasteiger partial charge in [0.1, 0.15) is 0 Å². The van der Waals surface area contributed by atoms with E-state index < -0.39 is 5.97 Å². The van der Waals surface area contributed by atoms with Gasteiger partial charge in [-0.25, -0.2) is 9.90 Å². The molecule has 0 aliphatic heterocycles. The second-order valence-electron chi connectivity index (χ2n) is 3.54. The van der Waals surface area contributed by atoms with Crippen LogP contribution in [0.25, 0.3) is 0 Å². The summed E-state index contributed by atoms with van der Waals surface area (Å²) in [7, 11) is 0. The lowest BCUT2D eigenvalue weighted by atomic mass is 9.84. The molecule has 0 aromatic heterocycles. The van der Waals surface area contributed by atoms with E-state index in [0.717, 1.165) is 18.4 Å². The van der Waals surface area contributed by atoms with E-state index in [1.54, 1.807) is 0 Å². The van der Waals surface area contributed by atoms with Gasteiger partial charge in [0.2, 0.25) is 0 Å². The van der Waals surface area contributed by atoms with E-state index in [1.165, 1.54) is 25.3 Å². The van der Waals surface area contributed by atoms with Crippen LogP contribution in [0.3, 0.4) is 0 Å². The highest BCUT2D eigenvalue weighted by Crippen LogP contribution is 2.29. The standard InChI is InChI=1S/C10H15O2/c1-8(7-10(11)12)9-5-3-2-4-6-9/h7,9H,2-6H2,1H3. The fourth-order valence-electron chi connectivity index (χ4n) is 1.86. The molecule has 12 heavy (non-hydrogen) atoms. The van der Waals surface area contributed by atoms with Crippen molar-refractivity contribution in [3.05, 3.63) is 11.6 Å². The van der Waals surface area contributed by atoms with Gasteiger partial charge in [-0.05, 0) is 25.7 Å². The van der Waals surface area contributed by atoms with Crippen molar-refractivity contribution in [3.63, 3.8) is 0 Å². The second kappa shape index (κ2) is 4.29. The first-order valence-corrected chi connectivity index (χ1v) is 4.59. The fourth-order valence-corrected chi connectivity index (χ4v) is 1.86. The van der Waals surface area contributed by atoms with Gasteiger partial charge >= 0.3 is 5.97 Å². The van der Waals surface area contributed by atoms with Gasteiger partial charge < -0.3 is 0 Å². The Hall–Kier alpha value is -0.790. The SMILES string of the molecule is CC(=CC([O])=O)C1CCCCC1. The highest BCUT2D eigenvalue weighted by atomic mass is 16.4. The van der Waals surface area contributed by atoms with Gasteiger partial charge in [0, 0.05) is 6.08 Å². The van der Waals surface area contributed by atoms with Crippen molar-refractivity contribution < 1.29 is 9.90 Å². The lowest BCUT2D eigenvalue weighted by Crippen LogP contribution is -2.08. The molecule has 0 aromatic carbocycles. The monoisotopic (exact) mass is 167 g/mol. The maximum Gasteiger partial charge on any atom is 0.379 e. The van der Waals surface area contributed by atoms with E-state index in [-0.39, 0.29) is 0 Å². The Morgan fingerprint density at radius 2 is 1.83 bits per heavy atom. The van der Waals surface area contributed by atoms with Gasteiger partial charge in [-0.3, -0.25) is 0 Å². The highest BCUT2D eigenvalue weighted by Gasteiger charge is 2.15. The molecule has 1 aliphatic rings. The summed E-state index contributed by atoms with van der Waals surface area (Å²) in [5, 5.41) is 10.3. The Balaban J connectivity index is 2.49. The van der Waals surface area contributed by atoms with E-state index >= 15 is 0 Å². The van der Waals surface area contributed by atoms with Crippen molar-refractivity contribution in [2.24, 2.45) is 5.92 Å². The lowest BCUT2D eigenvalue weighted by Gasteiger charge is -2.21. The number of allylic oxidation sites excluding steroid dienone is 1. The molecule has 67 valence electrons. The molecule has 0 unspecified atom stereocenters. The molecular weight excluding hydrogens is 152 g/mol. The summed E-state index contributed by atoms with van der Waals surface area (Å²) in [5.41, 5.74) is 0.981. The van der Waals surface area contributed by atoms with Crippen molar-refractivity contribution in [3.8, 4) is 0 Å². The largest absolute Gasteiger partial charge is 0.379 e. The van der Waals surface area contributed by atoms with Crippen molar-refractivity contribution in [1.29, 1.82) is 0 Å². The van der Waals surface area contributed by atoms with Gasteiger partial charge in [0.15, 0.2) is 0 Å². The number of carbonyl (C=O) groups is 1. The maximum absolute atomic E-state index is 10.3. The van der Waals surface area contributed by atoms with Crippen molar-refractivity contribution >= 4 is 5.97 Å². The summed E-state index contributed by atoms with van der Waals surface area (Å²) in [6, 6.07) is 0. The molecule has 2 nitrogen and oxygen atoms in total. The summed E-state index contributed by atoms with van der Waals surface area (Å²) >= 11 is 0. The van der Waals surface area contributed by atoms with Crippen LogP contribution in [0.15, 0.2) is 11.6 Å². The summed E-state index contributed by atoms with van der Waals surface area (Å²) in [6.07, 6.45) is 7.32. The van der Waals surface area contributed by atoms with Crippen LogP contribution in [0.1, 0.15) is 39.0 Å². The van der Waals surface area contributed by atoms with Gasteiger partial charge in [-0.1, -0.05) is 24.8 Å². The lowest BCUT2D eigenvalue weighted by molar-refractivity contribution is -0.137. The zero-order valence-electron chi connectivity index (χ0n) is 7.51. The molecule has 0 atom stereocenters. The third-order valence-electron chi connectivity index (χ3n) is 2.59. The minimum atomic E-state index is -1.06. The molecule has 0 aromatic rings. The molecule has 0 bridgehead atoms. The molecular formula is C10H15O2. The number of rotatable bonds is 2. The zero-order chi connectivity index (χ0) is 8.97. The molecule has 2 heteroatoms. The first kappa shape index (κ1) is 9.30. The van der Waals surface area contributed by atoms with Gasteiger partial charge in [-0.15, -0.1) is 0 Å². The third kappa shape index (κ3) is 2.68. The number of carbonyl (C=O) groups excluding carboxylic acids is 1. The minimum absolute atomic E-state index is 0.497. The Bertz CT molecular complexity index is 188. The normalized spacial score (nSPS) is 20.9. The molecule has 0 amide bonds. The van der Waals surface area contributed by atoms with Crippen LogP contribution in [0.2, 0.25) is 0 Å². The van der Waals surface area contributed by atoms with Gasteiger partial charge in [-0.2, -0.15) is 0 Å². The summed E-state index contributed by atoms with van der Waals surface area (Å²) in [5.74, 6) is -0.560. The number of hydrogen-bond donors (Lipinski definition) is 0. The van der Waals surface area contributed by atoms with Gasteiger partial charge in [0.05, 0.1) is 0 Å². The Morgan fingerprint density at radius 1 is 1.25 bits per heavy atom. The fraction of sp³-hybridized carbons (Fsp3) is 0.700. The predicted molar refractivity (Wildman–Crippen MR) is 46.0 cm³/mol. The van der Waals surface area contributed by atoms with Crippen molar-refractivity contribution in [2.75, 3.05) is 0 Å². The highest BCUT2D eigenvalue weighted by molar-refractivity contribution is 5.80. The quantitative estimate of drug-likeness (QED) is 0.582. The molecule has 1 fully saturated rings. The Morgan fingerprint density at radius 3 is 2.33 bits per heavy atom. The van der Waals surface area contributed by atoms with Crippen molar-refractivity contribution in [2.45, 2.75) is 39.0 Å². The summed E-state index contributed by atoms with van der Waals surface area (Å²) < 4.78 is 0.